The first kappa shape index (κ1) is 15.2. The Labute approximate surface area is 126 Å². The predicted octanol–water partition coefficient (Wildman–Crippen LogP) is 4.26. The van der Waals surface area contributed by atoms with Crippen molar-refractivity contribution >= 4 is 17.3 Å². The highest BCUT2D eigenvalue weighted by Crippen LogP contribution is 2.37. The maximum Gasteiger partial charge on any atom is 0.314 e. The number of nitro groups is 1. The zero-order chi connectivity index (χ0) is 15.6. The van der Waals surface area contributed by atoms with Crippen molar-refractivity contribution in [2.24, 2.45) is 0 Å². The van der Waals surface area contributed by atoms with E-state index in [1.54, 1.807) is 19.1 Å². The van der Waals surface area contributed by atoms with Crippen LogP contribution in [-0.4, -0.2) is 14.9 Å². The molecule has 0 aliphatic heterocycles. The fourth-order valence-electron chi connectivity index (χ4n) is 1.98. The van der Waals surface area contributed by atoms with Gasteiger partial charge in [0.1, 0.15) is 11.5 Å². The quantitative estimate of drug-likeness (QED) is 0.479. The van der Waals surface area contributed by atoms with Crippen molar-refractivity contribution < 1.29 is 9.66 Å². The second-order valence-corrected chi connectivity index (χ2v) is 5.18. The number of aryl methyl sites for hydroxylation is 1. The average Bonchev–Trinajstić information content (AvgIpc) is 2.37. The van der Waals surface area contributed by atoms with Gasteiger partial charge in [0, 0.05) is 5.56 Å². The number of hydrogen-bond acceptors (Lipinski definition) is 5. The van der Waals surface area contributed by atoms with Crippen molar-refractivity contribution in [2.45, 2.75) is 26.7 Å². The molecule has 21 heavy (non-hydrogen) atoms. The minimum absolute atomic E-state index is 0.0255. The molecule has 1 aromatic carbocycles. The van der Waals surface area contributed by atoms with Gasteiger partial charge < -0.3 is 4.74 Å². The van der Waals surface area contributed by atoms with E-state index in [1.807, 2.05) is 13.8 Å². The number of para-hydroxylation sites is 1. The standard InChI is InChI=1S/C14H14ClN3O3/c1-8(2)11-13(15)16-7-17-14(11)21-10-6-4-5-9(3)12(10)18(19)20/h4-8H,1-3H3. The van der Waals surface area contributed by atoms with E-state index in [0.717, 1.165) is 0 Å². The van der Waals surface area contributed by atoms with E-state index < -0.39 is 4.92 Å². The van der Waals surface area contributed by atoms with E-state index in [0.29, 0.717) is 11.1 Å². The van der Waals surface area contributed by atoms with Crippen LogP contribution in [0.3, 0.4) is 0 Å². The van der Waals surface area contributed by atoms with Crippen LogP contribution < -0.4 is 4.74 Å². The van der Waals surface area contributed by atoms with Crippen LogP contribution in [0.1, 0.15) is 30.9 Å². The van der Waals surface area contributed by atoms with Crippen molar-refractivity contribution in [1.29, 1.82) is 0 Å². The van der Waals surface area contributed by atoms with Crippen molar-refractivity contribution in [1.82, 2.24) is 9.97 Å². The molecular weight excluding hydrogens is 294 g/mol. The third-order valence-corrected chi connectivity index (χ3v) is 3.27. The number of nitro benzene ring substituents is 1. The average molecular weight is 308 g/mol. The van der Waals surface area contributed by atoms with Crippen LogP contribution in [-0.2, 0) is 0 Å². The van der Waals surface area contributed by atoms with Gasteiger partial charge in [-0.3, -0.25) is 10.1 Å². The van der Waals surface area contributed by atoms with Gasteiger partial charge in [0.15, 0.2) is 0 Å². The molecule has 0 fully saturated rings. The molecule has 0 saturated heterocycles. The van der Waals surface area contributed by atoms with E-state index in [1.165, 1.54) is 12.4 Å². The van der Waals surface area contributed by atoms with E-state index in [-0.39, 0.29) is 28.4 Å². The number of ether oxygens (including phenoxy) is 1. The lowest BCUT2D eigenvalue weighted by molar-refractivity contribution is -0.386. The summed E-state index contributed by atoms with van der Waals surface area (Å²) in [4.78, 5) is 18.7. The van der Waals surface area contributed by atoms with Gasteiger partial charge in [0.05, 0.1) is 10.5 Å². The lowest BCUT2D eigenvalue weighted by Gasteiger charge is -2.13. The number of aromatic nitrogens is 2. The molecule has 0 unspecified atom stereocenters. The molecule has 0 radical (unpaired) electrons. The number of benzene rings is 1. The molecule has 6 nitrogen and oxygen atoms in total. The predicted molar refractivity (Wildman–Crippen MR) is 79.0 cm³/mol. The molecule has 0 N–H and O–H groups in total. The number of halogens is 1. The summed E-state index contributed by atoms with van der Waals surface area (Å²) in [6.45, 7) is 5.49. The van der Waals surface area contributed by atoms with Gasteiger partial charge in [-0.15, -0.1) is 0 Å². The smallest absolute Gasteiger partial charge is 0.314 e. The highest BCUT2D eigenvalue weighted by molar-refractivity contribution is 6.30. The summed E-state index contributed by atoms with van der Waals surface area (Å²) in [5, 5.41) is 11.5. The zero-order valence-corrected chi connectivity index (χ0v) is 12.6. The van der Waals surface area contributed by atoms with Crippen LogP contribution in [0.4, 0.5) is 5.69 Å². The lowest BCUT2D eigenvalue weighted by atomic mass is 10.1. The Bertz CT molecular complexity index is 689. The maximum absolute atomic E-state index is 11.2. The Balaban J connectivity index is 2.52. The Kier molecular flexibility index (Phi) is 4.37. The van der Waals surface area contributed by atoms with Crippen LogP contribution in [0.15, 0.2) is 24.5 Å². The number of hydrogen-bond donors (Lipinski definition) is 0. The summed E-state index contributed by atoms with van der Waals surface area (Å²) in [5.41, 5.74) is 1.06. The van der Waals surface area contributed by atoms with Gasteiger partial charge in [0.25, 0.3) is 0 Å². The van der Waals surface area contributed by atoms with Crippen LogP contribution in [0, 0.1) is 17.0 Å². The molecule has 0 aliphatic rings. The molecule has 1 aromatic heterocycles. The van der Waals surface area contributed by atoms with Crippen LogP contribution in [0.5, 0.6) is 11.6 Å². The maximum atomic E-state index is 11.2. The van der Waals surface area contributed by atoms with Crippen LogP contribution in [0.25, 0.3) is 0 Å². The fraction of sp³-hybridized carbons (Fsp3) is 0.286. The zero-order valence-electron chi connectivity index (χ0n) is 11.8. The molecule has 0 saturated carbocycles. The SMILES string of the molecule is Cc1cccc(Oc2ncnc(Cl)c2C(C)C)c1[N+](=O)[O-]. The van der Waals surface area contributed by atoms with Crippen LogP contribution >= 0.6 is 11.6 Å². The second kappa shape index (κ2) is 6.05. The Morgan fingerprint density at radius 3 is 2.67 bits per heavy atom. The van der Waals surface area contributed by atoms with Gasteiger partial charge in [-0.25, -0.2) is 9.97 Å². The second-order valence-electron chi connectivity index (χ2n) is 4.82. The molecule has 1 heterocycles. The summed E-state index contributed by atoms with van der Waals surface area (Å²) in [7, 11) is 0. The van der Waals surface area contributed by atoms with Gasteiger partial charge in [-0.2, -0.15) is 0 Å². The molecule has 7 heteroatoms. The Morgan fingerprint density at radius 2 is 2.05 bits per heavy atom. The summed E-state index contributed by atoms with van der Waals surface area (Å²) >= 11 is 6.06. The third-order valence-electron chi connectivity index (χ3n) is 2.97. The summed E-state index contributed by atoms with van der Waals surface area (Å²) < 4.78 is 5.65. The highest BCUT2D eigenvalue weighted by Gasteiger charge is 2.22. The van der Waals surface area contributed by atoms with Crippen molar-refractivity contribution in [3.8, 4) is 11.6 Å². The fourth-order valence-corrected chi connectivity index (χ4v) is 2.32. The first-order valence-electron chi connectivity index (χ1n) is 6.34. The molecule has 2 aromatic rings. The monoisotopic (exact) mass is 307 g/mol. The largest absolute Gasteiger partial charge is 0.431 e. The van der Waals surface area contributed by atoms with Crippen LogP contribution in [0.2, 0.25) is 5.15 Å². The molecule has 2 rings (SSSR count). The summed E-state index contributed by atoms with van der Waals surface area (Å²) in [6, 6.07) is 4.88. The van der Waals surface area contributed by atoms with E-state index in [2.05, 4.69) is 9.97 Å². The molecule has 0 aliphatic carbocycles. The molecule has 0 atom stereocenters. The van der Waals surface area contributed by atoms with E-state index in [9.17, 15) is 10.1 Å². The first-order valence-corrected chi connectivity index (χ1v) is 6.71. The van der Waals surface area contributed by atoms with Crippen molar-refractivity contribution in [3.05, 3.63) is 50.9 Å². The lowest BCUT2D eigenvalue weighted by Crippen LogP contribution is -2.02. The van der Waals surface area contributed by atoms with E-state index in [4.69, 9.17) is 16.3 Å². The van der Waals surface area contributed by atoms with Gasteiger partial charge >= 0.3 is 5.69 Å². The normalized spacial score (nSPS) is 10.7. The molecule has 0 bridgehead atoms. The number of nitrogens with zero attached hydrogens (tertiary/aromatic N) is 3. The Hall–Kier alpha value is -2.21. The Morgan fingerprint density at radius 1 is 1.33 bits per heavy atom. The molecule has 0 amide bonds. The third kappa shape index (κ3) is 3.11. The van der Waals surface area contributed by atoms with E-state index >= 15 is 0 Å². The highest BCUT2D eigenvalue weighted by atomic mass is 35.5. The molecular formula is C14H14ClN3O3. The topological polar surface area (TPSA) is 78.2 Å². The minimum Gasteiger partial charge on any atom is -0.431 e. The first-order chi connectivity index (χ1) is 9.91. The number of rotatable bonds is 4. The van der Waals surface area contributed by atoms with Gasteiger partial charge in [0.2, 0.25) is 11.6 Å². The van der Waals surface area contributed by atoms with Crippen molar-refractivity contribution in [3.63, 3.8) is 0 Å². The van der Waals surface area contributed by atoms with Crippen molar-refractivity contribution in [2.75, 3.05) is 0 Å². The van der Waals surface area contributed by atoms with Gasteiger partial charge in [-0.05, 0) is 18.9 Å². The molecule has 110 valence electrons. The summed E-state index contributed by atoms with van der Waals surface area (Å²) in [6.07, 6.45) is 1.27. The molecule has 0 spiro atoms. The minimum atomic E-state index is -0.470. The van der Waals surface area contributed by atoms with Gasteiger partial charge in [-0.1, -0.05) is 37.6 Å². The summed E-state index contributed by atoms with van der Waals surface area (Å²) in [5.74, 6) is 0.396.